The monoisotopic (exact) mass is 251 g/mol. The molecule has 1 saturated carbocycles. The molecule has 1 heterocycles. The van der Waals surface area contributed by atoms with E-state index in [0.717, 1.165) is 31.2 Å². The van der Waals surface area contributed by atoms with Crippen molar-refractivity contribution in [3.63, 3.8) is 0 Å². The quantitative estimate of drug-likeness (QED) is 0.887. The van der Waals surface area contributed by atoms with Crippen LogP contribution in [0, 0.1) is 6.92 Å². The van der Waals surface area contributed by atoms with Gasteiger partial charge in [0, 0.05) is 24.2 Å². The van der Waals surface area contributed by atoms with E-state index in [4.69, 9.17) is 10.3 Å². The SMILES string of the molecule is CCN(C(=O)c1oncc1C)C1CCC(N)CC1. The molecule has 5 heteroatoms. The van der Waals surface area contributed by atoms with Gasteiger partial charge in [0.05, 0.1) is 6.20 Å². The van der Waals surface area contributed by atoms with Gasteiger partial charge in [0.15, 0.2) is 0 Å². The topological polar surface area (TPSA) is 72.4 Å². The molecule has 0 aromatic carbocycles. The summed E-state index contributed by atoms with van der Waals surface area (Å²) in [7, 11) is 0. The third-order valence-corrected chi connectivity index (χ3v) is 3.73. The average molecular weight is 251 g/mol. The van der Waals surface area contributed by atoms with Crippen molar-refractivity contribution < 1.29 is 9.32 Å². The maximum Gasteiger partial charge on any atom is 0.292 e. The van der Waals surface area contributed by atoms with Gasteiger partial charge in [0.2, 0.25) is 5.76 Å². The van der Waals surface area contributed by atoms with Crippen molar-refractivity contribution in [1.82, 2.24) is 10.1 Å². The van der Waals surface area contributed by atoms with Crippen LogP contribution < -0.4 is 5.73 Å². The Labute approximate surface area is 107 Å². The fraction of sp³-hybridized carbons (Fsp3) is 0.692. The summed E-state index contributed by atoms with van der Waals surface area (Å²) in [5.74, 6) is 0.319. The highest BCUT2D eigenvalue weighted by Gasteiger charge is 2.29. The Hall–Kier alpha value is -1.36. The number of rotatable bonds is 3. The van der Waals surface area contributed by atoms with Gasteiger partial charge in [-0.05, 0) is 39.5 Å². The minimum absolute atomic E-state index is 0.0482. The zero-order chi connectivity index (χ0) is 13.1. The van der Waals surface area contributed by atoms with Crippen molar-refractivity contribution >= 4 is 5.91 Å². The van der Waals surface area contributed by atoms with Crippen LogP contribution in [0.15, 0.2) is 10.7 Å². The van der Waals surface area contributed by atoms with Crippen LogP contribution >= 0.6 is 0 Å². The molecule has 1 aliphatic rings. The largest absolute Gasteiger partial charge is 0.351 e. The van der Waals surface area contributed by atoms with Crippen molar-refractivity contribution in [2.45, 2.75) is 51.6 Å². The van der Waals surface area contributed by atoms with E-state index in [1.54, 1.807) is 6.20 Å². The third kappa shape index (κ3) is 2.56. The minimum Gasteiger partial charge on any atom is -0.351 e. The van der Waals surface area contributed by atoms with Gasteiger partial charge in [-0.15, -0.1) is 0 Å². The van der Waals surface area contributed by atoms with Gasteiger partial charge >= 0.3 is 0 Å². The lowest BCUT2D eigenvalue weighted by Gasteiger charge is -2.35. The van der Waals surface area contributed by atoms with E-state index < -0.39 is 0 Å². The van der Waals surface area contributed by atoms with E-state index in [1.807, 2.05) is 18.7 Å². The van der Waals surface area contributed by atoms with E-state index in [9.17, 15) is 4.79 Å². The van der Waals surface area contributed by atoms with E-state index >= 15 is 0 Å². The van der Waals surface area contributed by atoms with Gasteiger partial charge in [0.1, 0.15) is 0 Å². The van der Waals surface area contributed by atoms with Crippen LogP contribution in [0.3, 0.4) is 0 Å². The number of nitrogens with zero attached hydrogens (tertiary/aromatic N) is 2. The maximum absolute atomic E-state index is 12.4. The molecule has 1 fully saturated rings. The van der Waals surface area contributed by atoms with Gasteiger partial charge in [-0.25, -0.2) is 0 Å². The Morgan fingerprint density at radius 2 is 2.17 bits per heavy atom. The second kappa shape index (κ2) is 5.52. The van der Waals surface area contributed by atoms with E-state index in [0.29, 0.717) is 18.3 Å². The summed E-state index contributed by atoms with van der Waals surface area (Å²) in [6.45, 7) is 4.53. The number of aryl methyl sites for hydroxylation is 1. The molecule has 100 valence electrons. The van der Waals surface area contributed by atoms with Gasteiger partial charge < -0.3 is 15.2 Å². The normalized spacial score (nSPS) is 23.9. The highest BCUT2D eigenvalue weighted by atomic mass is 16.5. The molecule has 18 heavy (non-hydrogen) atoms. The fourth-order valence-corrected chi connectivity index (χ4v) is 2.61. The van der Waals surface area contributed by atoms with Gasteiger partial charge in [-0.2, -0.15) is 0 Å². The smallest absolute Gasteiger partial charge is 0.292 e. The molecule has 0 saturated heterocycles. The molecule has 1 aromatic rings. The van der Waals surface area contributed by atoms with Crippen molar-refractivity contribution in [3.05, 3.63) is 17.5 Å². The summed E-state index contributed by atoms with van der Waals surface area (Å²) in [5, 5.41) is 3.67. The molecule has 2 rings (SSSR count). The summed E-state index contributed by atoms with van der Waals surface area (Å²) in [6.07, 6.45) is 5.52. The Kier molecular flexibility index (Phi) is 4.01. The summed E-state index contributed by atoms with van der Waals surface area (Å²) in [5.41, 5.74) is 6.70. The van der Waals surface area contributed by atoms with Gasteiger partial charge in [0.25, 0.3) is 5.91 Å². The zero-order valence-corrected chi connectivity index (χ0v) is 11.1. The number of carbonyl (C=O) groups is 1. The molecule has 0 atom stereocenters. The first-order valence-electron chi connectivity index (χ1n) is 6.61. The van der Waals surface area contributed by atoms with Crippen molar-refractivity contribution in [2.24, 2.45) is 5.73 Å². The molecule has 0 bridgehead atoms. The standard InChI is InChI=1S/C13H21N3O2/c1-3-16(11-6-4-10(14)5-7-11)13(17)12-9(2)8-15-18-12/h8,10-11H,3-7,14H2,1-2H3. The molecule has 1 amide bonds. The first kappa shape index (κ1) is 13.1. The summed E-state index contributed by atoms with van der Waals surface area (Å²) < 4.78 is 5.05. The van der Waals surface area contributed by atoms with Crippen LogP contribution in [-0.2, 0) is 0 Å². The first-order valence-corrected chi connectivity index (χ1v) is 6.61. The lowest BCUT2D eigenvalue weighted by atomic mass is 9.90. The number of hydrogen-bond donors (Lipinski definition) is 1. The lowest BCUT2D eigenvalue weighted by Crippen LogP contribution is -2.44. The average Bonchev–Trinajstić information content (AvgIpc) is 2.78. The number of carbonyl (C=O) groups excluding carboxylic acids is 1. The van der Waals surface area contributed by atoms with Crippen LogP contribution in [0.25, 0.3) is 0 Å². The Morgan fingerprint density at radius 3 is 2.67 bits per heavy atom. The molecule has 0 aliphatic heterocycles. The number of aromatic nitrogens is 1. The van der Waals surface area contributed by atoms with Crippen LogP contribution in [0.1, 0.15) is 48.7 Å². The minimum atomic E-state index is -0.0482. The lowest BCUT2D eigenvalue weighted by molar-refractivity contribution is 0.0597. The van der Waals surface area contributed by atoms with Crippen molar-refractivity contribution in [2.75, 3.05) is 6.54 Å². The van der Waals surface area contributed by atoms with Crippen molar-refractivity contribution in [1.29, 1.82) is 0 Å². The summed E-state index contributed by atoms with van der Waals surface area (Å²) in [6, 6.07) is 0.578. The van der Waals surface area contributed by atoms with Crippen molar-refractivity contribution in [3.8, 4) is 0 Å². The number of nitrogens with two attached hydrogens (primary N) is 1. The Morgan fingerprint density at radius 1 is 1.50 bits per heavy atom. The molecule has 0 radical (unpaired) electrons. The molecule has 0 unspecified atom stereocenters. The number of amides is 1. The molecule has 1 aromatic heterocycles. The molecular formula is C13H21N3O2. The predicted molar refractivity (Wildman–Crippen MR) is 68.2 cm³/mol. The first-order chi connectivity index (χ1) is 8.63. The molecule has 5 nitrogen and oxygen atoms in total. The summed E-state index contributed by atoms with van der Waals surface area (Å²) in [4.78, 5) is 14.3. The van der Waals surface area contributed by atoms with Crippen LogP contribution in [0.4, 0.5) is 0 Å². The molecule has 1 aliphatic carbocycles. The van der Waals surface area contributed by atoms with Gasteiger partial charge in [-0.3, -0.25) is 4.79 Å². The van der Waals surface area contributed by atoms with Gasteiger partial charge in [-0.1, -0.05) is 5.16 Å². The maximum atomic E-state index is 12.4. The highest BCUT2D eigenvalue weighted by molar-refractivity contribution is 5.92. The molecular weight excluding hydrogens is 230 g/mol. The fourth-order valence-electron chi connectivity index (χ4n) is 2.61. The Balaban J connectivity index is 2.09. The van der Waals surface area contributed by atoms with Crippen LogP contribution in [0.5, 0.6) is 0 Å². The zero-order valence-electron chi connectivity index (χ0n) is 11.1. The second-order valence-electron chi connectivity index (χ2n) is 5.00. The number of hydrogen-bond acceptors (Lipinski definition) is 4. The van der Waals surface area contributed by atoms with Crippen LogP contribution in [0.2, 0.25) is 0 Å². The second-order valence-corrected chi connectivity index (χ2v) is 5.00. The summed E-state index contributed by atoms with van der Waals surface area (Å²) >= 11 is 0. The predicted octanol–water partition coefficient (Wildman–Crippen LogP) is 1.72. The Bertz CT molecular complexity index is 408. The van der Waals surface area contributed by atoms with E-state index in [2.05, 4.69) is 5.16 Å². The molecule has 2 N–H and O–H groups in total. The van der Waals surface area contributed by atoms with E-state index in [1.165, 1.54) is 0 Å². The third-order valence-electron chi connectivity index (χ3n) is 3.73. The molecule has 0 spiro atoms. The highest BCUT2D eigenvalue weighted by Crippen LogP contribution is 2.24. The van der Waals surface area contributed by atoms with E-state index in [-0.39, 0.29) is 11.9 Å². The van der Waals surface area contributed by atoms with Crippen LogP contribution in [-0.4, -0.2) is 34.6 Å².